The summed E-state index contributed by atoms with van der Waals surface area (Å²) in [6.45, 7) is 6.09. The molecule has 1 aromatic carbocycles. The van der Waals surface area contributed by atoms with Crippen LogP contribution >= 0.6 is 0 Å². The molecule has 0 N–H and O–H groups in total. The molecule has 3 heteroatoms. The number of nitriles is 1. The summed E-state index contributed by atoms with van der Waals surface area (Å²) in [6.07, 6.45) is 4.64. The molecule has 1 amide bonds. The first-order valence-electron chi connectivity index (χ1n) is 7.05. The minimum absolute atomic E-state index is 0.0766. The quantitative estimate of drug-likeness (QED) is 0.774. The fraction of sp³-hybridized carbons (Fsp3) is 0.412. The van der Waals surface area contributed by atoms with Gasteiger partial charge in [-0.05, 0) is 42.0 Å². The van der Waals surface area contributed by atoms with Gasteiger partial charge in [-0.1, -0.05) is 26.0 Å². The molecule has 0 radical (unpaired) electrons. The van der Waals surface area contributed by atoms with E-state index in [1.807, 2.05) is 23.1 Å². The Hall–Kier alpha value is -2.08. The molecule has 1 fully saturated rings. The summed E-state index contributed by atoms with van der Waals surface area (Å²) < 4.78 is 0. The van der Waals surface area contributed by atoms with Crippen LogP contribution in [0.1, 0.15) is 31.4 Å². The second kappa shape index (κ2) is 6.38. The van der Waals surface area contributed by atoms with Crippen LogP contribution in [0.4, 0.5) is 0 Å². The maximum Gasteiger partial charge on any atom is 0.246 e. The van der Waals surface area contributed by atoms with E-state index in [-0.39, 0.29) is 5.91 Å². The van der Waals surface area contributed by atoms with Crippen molar-refractivity contribution in [3.05, 3.63) is 41.5 Å². The van der Waals surface area contributed by atoms with Crippen molar-refractivity contribution in [2.24, 2.45) is 11.8 Å². The van der Waals surface area contributed by atoms with Gasteiger partial charge >= 0.3 is 0 Å². The number of piperidine rings is 1. The van der Waals surface area contributed by atoms with Crippen molar-refractivity contribution in [1.82, 2.24) is 4.90 Å². The molecule has 3 nitrogen and oxygen atoms in total. The second-order valence-corrected chi connectivity index (χ2v) is 5.76. The van der Waals surface area contributed by atoms with Crippen molar-refractivity contribution in [2.75, 3.05) is 13.1 Å². The van der Waals surface area contributed by atoms with Gasteiger partial charge in [0.2, 0.25) is 5.91 Å². The van der Waals surface area contributed by atoms with Crippen molar-refractivity contribution < 1.29 is 4.79 Å². The van der Waals surface area contributed by atoms with E-state index in [9.17, 15) is 4.79 Å². The van der Waals surface area contributed by atoms with Crippen molar-refractivity contribution in [2.45, 2.75) is 20.3 Å². The molecule has 1 aromatic rings. The number of benzene rings is 1. The first-order valence-corrected chi connectivity index (χ1v) is 7.05. The van der Waals surface area contributed by atoms with Gasteiger partial charge in [0, 0.05) is 19.2 Å². The maximum atomic E-state index is 12.2. The van der Waals surface area contributed by atoms with E-state index in [1.165, 1.54) is 6.42 Å². The molecule has 0 bridgehead atoms. The van der Waals surface area contributed by atoms with Crippen LogP contribution < -0.4 is 0 Å². The van der Waals surface area contributed by atoms with E-state index < -0.39 is 0 Å². The molecule has 2 unspecified atom stereocenters. The lowest BCUT2D eigenvalue weighted by Crippen LogP contribution is -2.41. The van der Waals surface area contributed by atoms with Crippen molar-refractivity contribution in [3.63, 3.8) is 0 Å². The summed E-state index contributed by atoms with van der Waals surface area (Å²) in [5.74, 6) is 1.23. The lowest BCUT2D eigenvalue weighted by Gasteiger charge is -2.34. The standard InChI is InChI=1S/C17H20N2O/c1-13-9-14(2)12-19(11-13)17(20)8-7-15-3-5-16(10-18)6-4-15/h3-8,13-14H,9,11-12H2,1-2H3/b8-7+. The Morgan fingerprint density at radius 3 is 2.40 bits per heavy atom. The van der Waals surface area contributed by atoms with Gasteiger partial charge in [0.15, 0.2) is 0 Å². The number of rotatable bonds is 2. The SMILES string of the molecule is CC1CC(C)CN(C(=O)/C=C/c2ccc(C#N)cc2)C1. The molecule has 1 aliphatic heterocycles. The van der Waals surface area contributed by atoms with Crippen molar-refractivity contribution in [1.29, 1.82) is 5.26 Å². The van der Waals surface area contributed by atoms with Crippen LogP contribution in [0.3, 0.4) is 0 Å². The minimum atomic E-state index is 0.0766. The van der Waals surface area contributed by atoms with E-state index in [1.54, 1.807) is 18.2 Å². The molecule has 2 atom stereocenters. The first-order chi connectivity index (χ1) is 9.58. The maximum absolute atomic E-state index is 12.2. The van der Waals surface area contributed by atoms with E-state index in [2.05, 4.69) is 19.9 Å². The monoisotopic (exact) mass is 268 g/mol. The molecule has 2 rings (SSSR count). The molecule has 0 spiro atoms. The lowest BCUT2D eigenvalue weighted by atomic mass is 9.92. The molecular weight excluding hydrogens is 248 g/mol. The molecule has 1 aliphatic rings. The Kier molecular flexibility index (Phi) is 4.57. The van der Waals surface area contributed by atoms with Gasteiger partial charge in [-0.15, -0.1) is 0 Å². The van der Waals surface area contributed by atoms with Crippen LogP contribution in [-0.2, 0) is 4.79 Å². The lowest BCUT2D eigenvalue weighted by molar-refractivity contribution is -0.128. The average Bonchev–Trinajstić information content (AvgIpc) is 2.44. The molecule has 1 saturated heterocycles. The Balaban J connectivity index is 1.99. The van der Waals surface area contributed by atoms with Gasteiger partial charge in [0.05, 0.1) is 11.6 Å². The van der Waals surface area contributed by atoms with E-state index in [4.69, 9.17) is 5.26 Å². The number of carbonyl (C=O) groups excluding carboxylic acids is 1. The summed E-state index contributed by atoms with van der Waals surface area (Å²) in [7, 11) is 0. The topological polar surface area (TPSA) is 44.1 Å². The molecule has 0 aromatic heterocycles. The van der Waals surface area contributed by atoms with Crippen molar-refractivity contribution >= 4 is 12.0 Å². The summed E-state index contributed by atoms with van der Waals surface area (Å²) in [5.41, 5.74) is 1.57. The average molecular weight is 268 g/mol. The van der Waals surface area contributed by atoms with Crippen LogP contribution in [0.2, 0.25) is 0 Å². The van der Waals surface area contributed by atoms with Crippen LogP contribution in [0.25, 0.3) is 6.08 Å². The fourth-order valence-corrected chi connectivity index (χ4v) is 2.78. The zero-order valence-corrected chi connectivity index (χ0v) is 12.0. The highest BCUT2D eigenvalue weighted by atomic mass is 16.2. The van der Waals surface area contributed by atoms with Gasteiger partial charge < -0.3 is 4.90 Å². The highest BCUT2D eigenvalue weighted by Crippen LogP contribution is 2.21. The van der Waals surface area contributed by atoms with Crippen LogP contribution in [-0.4, -0.2) is 23.9 Å². The predicted octanol–water partition coefficient (Wildman–Crippen LogP) is 3.08. The zero-order valence-electron chi connectivity index (χ0n) is 12.0. The summed E-state index contributed by atoms with van der Waals surface area (Å²) in [5, 5.41) is 8.74. The normalized spacial score (nSPS) is 22.8. The summed E-state index contributed by atoms with van der Waals surface area (Å²) >= 11 is 0. The fourth-order valence-electron chi connectivity index (χ4n) is 2.78. The van der Waals surface area contributed by atoms with E-state index >= 15 is 0 Å². The van der Waals surface area contributed by atoms with Crippen LogP contribution in [0.15, 0.2) is 30.3 Å². The molecule has 0 saturated carbocycles. The van der Waals surface area contributed by atoms with E-state index in [0.29, 0.717) is 17.4 Å². The summed E-state index contributed by atoms with van der Waals surface area (Å²) in [4.78, 5) is 14.1. The molecule has 0 aliphatic carbocycles. The van der Waals surface area contributed by atoms with Crippen LogP contribution in [0.5, 0.6) is 0 Å². The molecule has 1 heterocycles. The Morgan fingerprint density at radius 2 is 1.85 bits per heavy atom. The van der Waals surface area contributed by atoms with Gasteiger partial charge in [-0.3, -0.25) is 4.79 Å². The second-order valence-electron chi connectivity index (χ2n) is 5.76. The highest BCUT2D eigenvalue weighted by molar-refractivity contribution is 5.91. The molecule has 104 valence electrons. The third-order valence-electron chi connectivity index (χ3n) is 3.64. The smallest absolute Gasteiger partial charge is 0.246 e. The van der Waals surface area contributed by atoms with Gasteiger partial charge in [-0.25, -0.2) is 0 Å². The minimum Gasteiger partial charge on any atom is -0.339 e. The number of hydrogen-bond acceptors (Lipinski definition) is 2. The number of amides is 1. The van der Waals surface area contributed by atoms with E-state index in [0.717, 1.165) is 18.7 Å². The number of nitrogens with zero attached hydrogens (tertiary/aromatic N) is 2. The number of likely N-dealkylation sites (tertiary alicyclic amines) is 1. The Morgan fingerprint density at radius 1 is 1.25 bits per heavy atom. The number of hydrogen-bond donors (Lipinski definition) is 0. The Labute approximate surface area is 120 Å². The molecular formula is C17H20N2O. The van der Waals surface area contributed by atoms with Gasteiger partial charge in [0.25, 0.3) is 0 Å². The van der Waals surface area contributed by atoms with Gasteiger partial charge in [-0.2, -0.15) is 5.26 Å². The largest absolute Gasteiger partial charge is 0.339 e. The zero-order chi connectivity index (χ0) is 14.5. The Bertz CT molecular complexity index is 529. The third-order valence-corrected chi connectivity index (χ3v) is 3.64. The highest BCUT2D eigenvalue weighted by Gasteiger charge is 2.23. The predicted molar refractivity (Wildman–Crippen MR) is 79.7 cm³/mol. The first kappa shape index (κ1) is 14.3. The van der Waals surface area contributed by atoms with Crippen LogP contribution in [0, 0.1) is 23.2 Å². The molecule has 20 heavy (non-hydrogen) atoms. The summed E-state index contributed by atoms with van der Waals surface area (Å²) in [6, 6.07) is 9.30. The van der Waals surface area contributed by atoms with Gasteiger partial charge in [0.1, 0.15) is 0 Å². The number of carbonyl (C=O) groups is 1. The third kappa shape index (κ3) is 3.71. The van der Waals surface area contributed by atoms with Crippen molar-refractivity contribution in [3.8, 4) is 6.07 Å².